The Morgan fingerprint density at radius 1 is 1.54 bits per heavy atom. The quantitative estimate of drug-likeness (QED) is 0.644. The molecule has 0 saturated heterocycles. The predicted molar refractivity (Wildman–Crippen MR) is 51.2 cm³/mol. The van der Waals surface area contributed by atoms with Crippen LogP contribution in [0.1, 0.15) is 19.4 Å². The molecule has 0 aliphatic carbocycles. The normalized spacial score (nSPS) is 10.7. The van der Waals surface area contributed by atoms with Crippen LogP contribution in [0.15, 0.2) is 36.1 Å². The Morgan fingerprint density at radius 3 is 2.92 bits per heavy atom. The van der Waals surface area contributed by atoms with Gasteiger partial charge >= 0.3 is 0 Å². The van der Waals surface area contributed by atoms with Crippen molar-refractivity contribution in [1.82, 2.24) is 0 Å². The third-order valence-corrected chi connectivity index (χ3v) is 1.65. The lowest BCUT2D eigenvalue weighted by atomic mass is 10.2. The molecule has 2 nitrogen and oxygen atoms in total. The SMILES string of the molecule is CC=C(C)Oc1cccc(C#N)c1. The molecule has 0 aliphatic heterocycles. The van der Waals surface area contributed by atoms with Crippen LogP contribution in [0.2, 0.25) is 0 Å². The van der Waals surface area contributed by atoms with E-state index in [1.54, 1.807) is 18.2 Å². The van der Waals surface area contributed by atoms with Gasteiger partial charge in [-0.25, -0.2) is 0 Å². The van der Waals surface area contributed by atoms with Crippen LogP contribution in [0.3, 0.4) is 0 Å². The zero-order chi connectivity index (χ0) is 9.68. The summed E-state index contributed by atoms with van der Waals surface area (Å²) in [5, 5.41) is 8.63. The largest absolute Gasteiger partial charge is 0.462 e. The number of hydrogen-bond donors (Lipinski definition) is 0. The van der Waals surface area contributed by atoms with Crippen LogP contribution in [-0.4, -0.2) is 0 Å². The van der Waals surface area contributed by atoms with Crippen LogP contribution in [-0.2, 0) is 0 Å². The number of nitriles is 1. The summed E-state index contributed by atoms with van der Waals surface area (Å²) < 4.78 is 5.42. The van der Waals surface area contributed by atoms with Crippen LogP contribution in [0.4, 0.5) is 0 Å². The molecule has 1 aromatic carbocycles. The molecule has 1 aromatic rings. The van der Waals surface area contributed by atoms with E-state index in [1.807, 2.05) is 26.0 Å². The topological polar surface area (TPSA) is 33.0 Å². The molecule has 0 fully saturated rings. The van der Waals surface area contributed by atoms with E-state index in [2.05, 4.69) is 6.07 Å². The Hall–Kier alpha value is -1.75. The van der Waals surface area contributed by atoms with Gasteiger partial charge in [0.25, 0.3) is 0 Å². The van der Waals surface area contributed by atoms with Gasteiger partial charge in [-0.3, -0.25) is 0 Å². The van der Waals surface area contributed by atoms with E-state index in [-0.39, 0.29) is 0 Å². The maximum Gasteiger partial charge on any atom is 0.128 e. The summed E-state index contributed by atoms with van der Waals surface area (Å²) in [6.07, 6.45) is 1.87. The number of benzene rings is 1. The fourth-order valence-electron chi connectivity index (χ4n) is 0.874. The fraction of sp³-hybridized carbons (Fsp3) is 0.182. The van der Waals surface area contributed by atoms with E-state index in [9.17, 15) is 0 Å². The monoisotopic (exact) mass is 173 g/mol. The first-order valence-corrected chi connectivity index (χ1v) is 4.07. The van der Waals surface area contributed by atoms with Gasteiger partial charge in [-0.05, 0) is 38.1 Å². The lowest BCUT2D eigenvalue weighted by molar-refractivity contribution is 0.426. The highest BCUT2D eigenvalue weighted by atomic mass is 16.5. The van der Waals surface area contributed by atoms with Gasteiger partial charge in [0, 0.05) is 0 Å². The first kappa shape index (κ1) is 9.34. The first-order valence-electron chi connectivity index (χ1n) is 4.07. The minimum atomic E-state index is 0.612. The van der Waals surface area contributed by atoms with Gasteiger partial charge in [0.1, 0.15) is 5.75 Å². The van der Waals surface area contributed by atoms with Crippen LogP contribution in [0.5, 0.6) is 5.75 Å². The molecule has 0 saturated carbocycles. The van der Waals surface area contributed by atoms with Gasteiger partial charge in [0.2, 0.25) is 0 Å². The average molecular weight is 173 g/mol. The Balaban J connectivity index is 2.85. The molecule has 0 heterocycles. The summed E-state index contributed by atoms with van der Waals surface area (Å²) in [7, 11) is 0. The molecule has 0 radical (unpaired) electrons. The molecule has 1 rings (SSSR count). The summed E-state index contributed by atoms with van der Waals surface area (Å²) in [4.78, 5) is 0. The highest BCUT2D eigenvalue weighted by molar-refractivity contribution is 5.36. The second-order valence-corrected chi connectivity index (χ2v) is 2.64. The molecule has 0 aromatic heterocycles. The standard InChI is InChI=1S/C11H11NO/c1-3-9(2)13-11-6-4-5-10(7-11)8-12/h3-7H,1-2H3. The van der Waals surface area contributed by atoms with Gasteiger partial charge in [-0.15, -0.1) is 0 Å². The van der Waals surface area contributed by atoms with Crippen LogP contribution in [0, 0.1) is 11.3 Å². The molecule has 0 N–H and O–H groups in total. The van der Waals surface area contributed by atoms with E-state index in [1.165, 1.54) is 0 Å². The van der Waals surface area contributed by atoms with E-state index < -0.39 is 0 Å². The van der Waals surface area contributed by atoms with Crippen molar-refractivity contribution in [3.63, 3.8) is 0 Å². The van der Waals surface area contributed by atoms with Crippen molar-refractivity contribution in [3.8, 4) is 11.8 Å². The number of ether oxygens (including phenoxy) is 1. The number of hydrogen-bond acceptors (Lipinski definition) is 2. The highest BCUT2D eigenvalue weighted by Crippen LogP contribution is 2.15. The van der Waals surface area contributed by atoms with Gasteiger partial charge in [-0.1, -0.05) is 6.07 Å². The zero-order valence-electron chi connectivity index (χ0n) is 7.74. The van der Waals surface area contributed by atoms with E-state index in [0.717, 1.165) is 5.76 Å². The number of rotatable bonds is 2. The van der Waals surface area contributed by atoms with Gasteiger partial charge in [0.05, 0.1) is 17.4 Å². The Labute approximate surface area is 78.1 Å². The molecule has 0 unspecified atom stereocenters. The predicted octanol–water partition coefficient (Wildman–Crippen LogP) is 2.86. The first-order chi connectivity index (χ1) is 6.26. The van der Waals surface area contributed by atoms with Crippen molar-refractivity contribution in [2.45, 2.75) is 13.8 Å². The van der Waals surface area contributed by atoms with Crippen molar-refractivity contribution in [1.29, 1.82) is 5.26 Å². The number of nitrogens with zero attached hydrogens (tertiary/aromatic N) is 1. The maximum atomic E-state index is 8.63. The second-order valence-electron chi connectivity index (χ2n) is 2.64. The van der Waals surface area contributed by atoms with E-state index in [4.69, 9.17) is 10.00 Å². The third-order valence-electron chi connectivity index (χ3n) is 1.65. The zero-order valence-corrected chi connectivity index (χ0v) is 7.74. The van der Waals surface area contributed by atoms with Crippen LogP contribution < -0.4 is 4.74 Å². The highest BCUT2D eigenvalue weighted by Gasteiger charge is 1.95. The van der Waals surface area contributed by atoms with Gasteiger partial charge in [0.15, 0.2) is 0 Å². The Morgan fingerprint density at radius 2 is 2.31 bits per heavy atom. The van der Waals surface area contributed by atoms with Crippen LogP contribution >= 0.6 is 0 Å². The van der Waals surface area contributed by atoms with E-state index >= 15 is 0 Å². The second kappa shape index (κ2) is 4.32. The van der Waals surface area contributed by atoms with E-state index in [0.29, 0.717) is 11.3 Å². The molecule has 0 aliphatic rings. The lowest BCUT2D eigenvalue weighted by Crippen LogP contribution is -1.89. The third kappa shape index (κ3) is 2.64. The lowest BCUT2D eigenvalue weighted by Gasteiger charge is -2.04. The molecule has 13 heavy (non-hydrogen) atoms. The van der Waals surface area contributed by atoms with Gasteiger partial charge < -0.3 is 4.74 Å². The summed E-state index contributed by atoms with van der Waals surface area (Å²) in [5.41, 5.74) is 0.612. The summed E-state index contributed by atoms with van der Waals surface area (Å²) in [5.74, 6) is 1.53. The van der Waals surface area contributed by atoms with Crippen molar-refractivity contribution >= 4 is 0 Å². The molecule has 0 bridgehead atoms. The molecule has 0 atom stereocenters. The van der Waals surface area contributed by atoms with Crippen molar-refractivity contribution in [2.75, 3.05) is 0 Å². The smallest absolute Gasteiger partial charge is 0.128 e. The van der Waals surface area contributed by atoms with Crippen molar-refractivity contribution < 1.29 is 4.74 Å². The Bertz CT molecular complexity index is 361. The van der Waals surface area contributed by atoms with Crippen LogP contribution in [0.25, 0.3) is 0 Å². The summed E-state index contributed by atoms with van der Waals surface area (Å²) in [6, 6.07) is 9.15. The average Bonchev–Trinajstić information content (AvgIpc) is 2.18. The molecule has 0 spiro atoms. The maximum absolute atomic E-state index is 8.63. The van der Waals surface area contributed by atoms with Gasteiger partial charge in [-0.2, -0.15) is 5.26 Å². The molecular formula is C11H11NO. The minimum Gasteiger partial charge on any atom is -0.462 e. The summed E-state index contributed by atoms with van der Waals surface area (Å²) in [6.45, 7) is 3.78. The minimum absolute atomic E-state index is 0.612. The van der Waals surface area contributed by atoms with Crippen molar-refractivity contribution in [2.24, 2.45) is 0 Å². The fourth-order valence-corrected chi connectivity index (χ4v) is 0.874. The molecule has 66 valence electrons. The Kier molecular flexibility index (Phi) is 3.10. The number of allylic oxidation sites excluding steroid dienone is 2. The molecule has 0 amide bonds. The molecular weight excluding hydrogens is 162 g/mol. The molecule has 2 heteroatoms. The van der Waals surface area contributed by atoms with Crippen molar-refractivity contribution in [3.05, 3.63) is 41.7 Å². The summed E-state index contributed by atoms with van der Waals surface area (Å²) >= 11 is 0.